The van der Waals surface area contributed by atoms with Crippen LogP contribution in [0, 0.1) is 5.92 Å². The molecular formula is C9H17N3. The highest BCUT2D eigenvalue weighted by atomic mass is 15.1. The molecule has 1 heterocycles. The molecule has 1 aromatic rings. The Balaban J connectivity index is 2.27. The molecule has 68 valence electrons. The SMILES string of the molecule is CC(C)C(C)NCc1cn[nH]c1. The van der Waals surface area contributed by atoms with Crippen molar-refractivity contribution in [1.82, 2.24) is 15.5 Å². The monoisotopic (exact) mass is 167 g/mol. The average Bonchev–Trinajstić information content (AvgIpc) is 2.51. The Labute approximate surface area is 73.6 Å². The second-order valence-electron chi connectivity index (χ2n) is 3.52. The van der Waals surface area contributed by atoms with Gasteiger partial charge in [0, 0.05) is 24.3 Å². The summed E-state index contributed by atoms with van der Waals surface area (Å²) in [4.78, 5) is 0. The number of aromatic amines is 1. The van der Waals surface area contributed by atoms with Crippen LogP contribution in [-0.4, -0.2) is 16.2 Å². The zero-order chi connectivity index (χ0) is 8.97. The van der Waals surface area contributed by atoms with E-state index in [1.54, 1.807) is 0 Å². The highest BCUT2D eigenvalue weighted by Crippen LogP contribution is 2.01. The molecule has 0 aliphatic rings. The van der Waals surface area contributed by atoms with Gasteiger partial charge in [0.05, 0.1) is 6.20 Å². The number of hydrogen-bond acceptors (Lipinski definition) is 2. The standard InChI is InChI=1S/C9H17N3/c1-7(2)8(3)10-4-9-5-11-12-6-9/h5-8,10H,4H2,1-3H3,(H,11,12). The van der Waals surface area contributed by atoms with Gasteiger partial charge in [-0.25, -0.2) is 0 Å². The molecule has 0 aromatic carbocycles. The van der Waals surface area contributed by atoms with Crippen molar-refractivity contribution in [1.29, 1.82) is 0 Å². The number of nitrogens with zero attached hydrogens (tertiary/aromatic N) is 1. The Morgan fingerprint density at radius 2 is 2.25 bits per heavy atom. The number of nitrogens with one attached hydrogen (secondary N) is 2. The highest BCUT2D eigenvalue weighted by Gasteiger charge is 2.05. The molecule has 0 amide bonds. The maximum absolute atomic E-state index is 3.88. The topological polar surface area (TPSA) is 40.7 Å². The summed E-state index contributed by atoms with van der Waals surface area (Å²) in [6.45, 7) is 7.53. The highest BCUT2D eigenvalue weighted by molar-refractivity contribution is 5.01. The van der Waals surface area contributed by atoms with Gasteiger partial charge in [0.2, 0.25) is 0 Å². The lowest BCUT2D eigenvalue weighted by molar-refractivity contribution is 0.426. The van der Waals surface area contributed by atoms with Gasteiger partial charge in [-0.2, -0.15) is 5.10 Å². The van der Waals surface area contributed by atoms with Gasteiger partial charge in [-0.05, 0) is 12.8 Å². The third-order valence-electron chi connectivity index (χ3n) is 2.18. The Hall–Kier alpha value is -0.830. The van der Waals surface area contributed by atoms with E-state index in [9.17, 15) is 0 Å². The van der Waals surface area contributed by atoms with Crippen molar-refractivity contribution in [3.8, 4) is 0 Å². The lowest BCUT2D eigenvalue weighted by atomic mass is 10.1. The van der Waals surface area contributed by atoms with E-state index in [0.717, 1.165) is 6.54 Å². The molecule has 1 aromatic heterocycles. The molecule has 3 nitrogen and oxygen atoms in total. The number of rotatable bonds is 4. The number of aromatic nitrogens is 2. The summed E-state index contributed by atoms with van der Waals surface area (Å²) < 4.78 is 0. The van der Waals surface area contributed by atoms with Crippen molar-refractivity contribution in [2.45, 2.75) is 33.4 Å². The van der Waals surface area contributed by atoms with Gasteiger partial charge in [-0.1, -0.05) is 13.8 Å². The first kappa shape index (κ1) is 9.26. The lowest BCUT2D eigenvalue weighted by Gasteiger charge is -2.16. The lowest BCUT2D eigenvalue weighted by Crippen LogP contribution is -2.29. The Kier molecular flexibility index (Phi) is 3.29. The zero-order valence-electron chi connectivity index (χ0n) is 7.96. The largest absolute Gasteiger partial charge is 0.310 e. The van der Waals surface area contributed by atoms with Gasteiger partial charge in [0.25, 0.3) is 0 Å². The third-order valence-corrected chi connectivity index (χ3v) is 2.18. The van der Waals surface area contributed by atoms with Crippen molar-refractivity contribution in [2.75, 3.05) is 0 Å². The van der Waals surface area contributed by atoms with Crippen molar-refractivity contribution in [3.05, 3.63) is 18.0 Å². The van der Waals surface area contributed by atoms with Gasteiger partial charge in [-0.15, -0.1) is 0 Å². The molecule has 1 unspecified atom stereocenters. The molecule has 0 fully saturated rings. The predicted octanol–water partition coefficient (Wildman–Crippen LogP) is 1.54. The van der Waals surface area contributed by atoms with Crippen molar-refractivity contribution < 1.29 is 0 Å². The third kappa shape index (κ3) is 2.66. The fraction of sp³-hybridized carbons (Fsp3) is 0.667. The van der Waals surface area contributed by atoms with Gasteiger partial charge in [0.1, 0.15) is 0 Å². The molecule has 1 atom stereocenters. The van der Waals surface area contributed by atoms with E-state index in [0.29, 0.717) is 12.0 Å². The van der Waals surface area contributed by atoms with Crippen molar-refractivity contribution in [3.63, 3.8) is 0 Å². The molecule has 0 bridgehead atoms. The molecule has 0 spiro atoms. The van der Waals surface area contributed by atoms with Crippen LogP contribution in [0.15, 0.2) is 12.4 Å². The fourth-order valence-corrected chi connectivity index (χ4v) is 0.889. The van der Waals surface area contributed by atoms with E-state index >= 15 is 0 Å². The summed E-state index contributed by atoms with van der Waals surface area (Å²) in [7, 11) is 0. The number of H-pyrrole nitrogens is 1. The molecule has 3 heteroatoms. The van der Waals surface area contributed by atoms with Crippen LogP contribution in [0.5, 0.6) is 0 Å². The summed E-state index contributed by atoms with van der Waals surface area (Å²) in [5.41, 5.74) is 1.21. The van der Waals surface area contributed by atoms with Gasteiger partial charge >= 0.3 is 0 Å². The van der Waals surface area contributed by atoms with Crippen LogP contribution in [-0.2, 0) is 6.54 Å². The second-order valence-corrected chi connectivity index (χ2v) is 3.52. The van der Waals surface area contributed by atoms with Crippen LogP contribution < -0.4 is 5.32 Å². The molecule has 0 saturated carbocycles. The Morgan fingerprint density at radius 1 is 1.50 bits per heavy atom. The molecule has 2 N–H and O–H groups in total. The normalized spacial score (nSPS) is 13.7. The second kappa shape index (κ2) is 4.26. The molecule has 0 aliphatic heterocycles. The molecule has 1 rings (SSSR count). The number of hydrogen-bond donors (Lipinski definition) is 2. The van der Waals surface area contributed by atoms with Crippen molar-refractivity contribution >= 4 is 0 Å². The van der Waals surface area contributed by atoms with Crippen LogP contribution >= 0.6 is 0 Å². The summed E-state index contributed by atoms with van der Waals surface area (Å²) in [6, 6.07) is 0.555. The first-order valence-corrected chi connectivity index (χ1v) is 4.41. The van der Waals surface area contributed by atoms with E-state index in [1.165, 1.54) is 5.56 Å². The van der Waals surface area contributed by atoms with Crippen LogP contribution in [0.3, 0.4) is 0 Å². The summed E-state index contributed by atoms with van der Waals surface area (Å²) in [5, 5.41) is 10.1. The first-order chi connectivity index (χ1) is 5.70. The first-order valence-electron chi connectivity index (χ1n) is 4.41. The minimum absolute atomic E-state index is 0.555. The quantitative estimate of drug-likeness (QED) is 0.714. The van der Waals surface area contributed by atoms with Gasteiger partial charge < -0.3 is 5.32 Å². The fourth-order valence-electron chi connectivity index (χ4n) is 0.889. The van der Waals surface area contributed by atoms with E-state index in [2.05, 4.69) is 36.3 Å². The van der Waals surface area contributed by atoms with E-state index in [1.807, 2.05) is 12.4 Å². The van der Waals surface area contributed by atoms with Gasteiger partial charge in [0.15, 0.2) is 0 Å². The average molecular weight is 167 g/mol. The molecule has 0 aliphatic carbocycles. The summed E-state index contributed by atoms with van der Waals surface area (Å²) in [5.74, 6) is 0.678. The minimum atomic E-state index is 0.555. The summed E-state index contributed by atoms with van der Waals surface area (Å²) in [6.07, 6.45) is 3.76. The zero-order valence-corrected chi connectivity index (χ0v) is 7.96. The van der Waals surface area contributed by atoms with E-state index in [4.69, 9.17) is 0 Å². The Morgan fingerprint density at radius 3 is 2.75 bits per heavy atom. The van der Waals surface area contributed by atoms with Crippen LogP contribution in [0.1, 0.15) is 26.3 Å². The van der Waals surface area contributed by atoms with Crippen LogP contribution in [0.4, 0.5) is 0 Å². The van der Waals surface area contributed by atoms with E-state index < -0.39 is 0 Å². The molecule has 12 heavy (non-hydrogen) atoms. The van der Waals surface area contributed by atoms with Crippen molar-refractivity contribution in [2.24, 2.45) is 5.92 Å². The smallest absolute Gasteiger partial charge is 0.0532 e. The maximum Gasteiger partial charge on any atom is 0.0532 e. The van der Waals surface area contributed by atoms with E-state index in [-0.39, 0.29) is 0 Å². The summed E-state index contributed by atoms with van der Waals surface area (Å²) >= 11 is 0. The minimum Gasteiger partial charge on any atom is -0.310 e. The molecule has 0 saturated heterocycles. The van der Waals surface area contributed by atoms with Crippen LogP contribution in [0.2, 0.25) is 0 Å². The Bertz CT molecular complexity index is 204. The molecule has 0 radical (unpaired) electrons. The maximum atomic E-state index is 3.88. The van der Waals surface area contributed by atoms with Gasteiger partial charge in [-0.3, -0.25) is 5.10 Å². The van der Waals surface area contributed by atoms with Crippen LogP contribution in [0.25, 0.3) is 0 Å². The predicted molar refractivity (Wildman–Crippen MR) is 49.7 cm³/mol. The molecular weight excluding hydrogens is 150 g/mol.